The second kappa shape index (κ2) is 4.83. The molecule has 0 bridgehead atoms. The molecule has 3 nitrogen and oxygen atoms in total. The molecule has 0 atom stereocenters. The van der Waals surface area contributed by atoms with Gasteiger partial charge >= 0.3 is 0 Å². The van der Waals surface area contributed by atoms with Gasteiger partial charge in [-0.15, -0.1) is 0 Å². The Morgan fingerprint density at radius 2 is 2.12 bits per heavy atom. The smallest absolute Gasteiger partial charge is 0.123 e. The number of ether oxygens (including phenoxy) is 1. The average molecular weight is 220 g/mol. The summed E-state index contributed by atoms with van der Waals surface area (Å²) >= 11 is 0. The SMILES string of the molecule is CCc1nc(N)cc(C)c1C1CCOCC1. The Hall–Kier alpha value is -1.09. The quantitative estimate of drug-likeness (QED) is 0.832. The highest BCUT2D eigenvalue weighted by atomic mass is 16.5. The Kier molecular flexibility index (Phi) is 3.44. The first kappa shape index (κ1) is 11.4. The Labute approximate surface area is 97.0 Å². The monoisotopic (exact) mass is 220 g/mol. The normalized spacial score (nSPS) is 17.6. The minimum absolute atomic E-state index is 0.608. The molecule has 0 amide bonds. The molecule has 0 aliphatic carbocycles. The van der Waals surface area contributed by atoms with E-state index < -0.39 is 0 Å². The summed E-state index contributed by atoms with van der Waals surface area (Å²) in [5.74, 6) is 1.25. The van der Waals surface area contributed by atoms with E-state index in [0.29, 0.717) is 11.7 Å². The van der Waals surface area contributed by atoms with Gasteiger partial charge in [-0.3, -0.25) is 0 Å². The van der Waals surface area contributed by atoms with Crippen LogP contribution in [0.15, 0.2) is 6.07 Å². The lowest BCUT2D eigenvalue weighted by Gasteiger charge is -2.25. The standard InChI is InChI=1S/C13H20N2O/c1-3-11-13(9(2)8-12(14)15-11)10-4-6-16-7-5-10/h8,10H,3-7H2,1-2H3,(H2,14,15). The fourth-order valence-electron chi connectivity index (χ4n) is 2.59. The van der Waals surface area contributed by atoms with Gasteiger partial charge in [-0.25, -0.2) is 4.98 Å². The molecule has 1 saturated heterocycles. The molecule has 1 aromatic heterocycles. The molecule has 0 unspecified atom stereocenters. The summed E-state index contributed by atoms with van der Waals surface area (Å²) in [6.07, 6.45) is 3.18. The Morgan fingerprint density at radius 3 is 2.75 bits per heavy atom. The van der Waals surface area contributed by atoms with Crippen LogP contribution in [0.1, 0.15) is 42.5 Å². The molecule has 1 aromatic rings. The maximum atomic E-state index is 5.80. The number of aromatic nitrogens is 1. The zero-order valence-corrected chi connectivity index (χ0v) is 10.1. The zero-order chi connectivity index (χ0) is 11.5. The fourth-order valence-corrected chi connectivity index (χ4v) is 2.59. The van der Waals surface area contributed by atoms with E-state index in [2.05, 4.69) is 18.8 Å². The van der Waals surface area contributed by atoms with Gasteiger partial charge in [-0.05, 0) is 49.3 Å². The number of hydrogen-bond donors (Lipinski definition) is 1. The van der Waals surface area contributed by atoms with Crippen LogP contribution in [0.5, 0.6) is 0 Å². The van der Waals surface area contributed by atoms with Crippen molar-refractivity contribution in [3.05, 3.63) is 22.9 Å². The first-order valence-electron chi connectivity index (χ1n) is 6.06. The van der Waals surface area contributed by atoms with Crippen molar-refractivity contribution < 1.29 is 4.74 Å². The van der Waals surface area contributed by atoms with Crippen molar-refractivity contribution in [2.45, 2.75) is 39.0 Å². The van der Waals surface area contributed by atoms with Gasteiger partial charge in [-0.1, -0.05) is 6.92 Å². The van der Waals surface area contributed by atoms with Crippen LogP contribution in [-0.2, 0) is 11.2 Å². The molecule has 2 rings (SSSR count). The first-order chi connectivity index (χ1) is 7.72. The second-order valence-electron chi connectivity index (χ2n) is 4.46. The third-order valence-corrected chi connectivity index (χ3v) is 3.33. The van der Waals surface area contributed by atoms with E-state index in [1.165, 1.54) is 16.8 Å². The summed E-state index contributed by atoms with van der Waals surface area (Å²) in [5.41, 5.74) is 9.67. The van der Waals surface area contributed by atoms with Gasteiger partial charge in [0, 0.05) is 18.9 Å². The van der Waals surface area contributed by atoms with Gasteiger partial charge in [0.1, 0.15) is 5.82 Å². The molecular weight excluding hydrogens is 200 g/mol. The first-order valence-corrected chi connectivity index (χ1v) is 6.06. The summed E-state index contributed by atoms with van der Waals surface area (Å²) in [6, 6.07) is 1.99. The Bertz CT molecular complexity index is 370. The zero-order valence-electron chi connectivity index (χ0n) is 10.1. The molecule has 0 aromatic carbocycles. The van der Waals surface area contributed by atoms with Crippen molar-refractivity contribution in [2.24, 2.45) is 0 Å². The predicted molar refractivity (Wildman–Crippen MR) is 65.6 cm³/mol. The molecule has 1 aliphatic heterocycles. The number of pyridine rings is 1. The minimum atomic E-state index is 0.608. The van der Waals surface area contributed by atoms with Crippen LogP contribution in [0.4, 0.5) is 5.82 Å². The maximum Gasteiger partial charge on any atom is 0.123 e. The molecule has 1 aliphatic rings. The number of hydrogen-bond acceptors (Lipinski definition) is 3. The van der Waals surface area contributed by atoms with E-state index in [1.807, 2.05) is 6.07 Å². The summed E-state index contributed by atoms with van der Waals surface area (Å²) in [5, 5.41) is 0. The van der Waals surface area contributed by atoms with E-state index in [4.69, 9.17) is 10.5 Å². The summed E-state index contributed by atoms with van der Waals surface area (Å²) in [6.45, 7) is 6.03. The number of nitrogen functional groups attached to an aromatic ring is 1. The van der Waals surface area contributed by atoms with Gasteiger partial charge in [0.15, 0.2) is 0 Å². The van der Waals surface area contributed by atoms with Crippen LogP contribution < -0.4 is 5.73 Å². The highest BCUT2D eigenvalue weighted by molar-refractivity contribution is 5.42. The maximum absolute atomic E-state index is 5.80. The van der Waals surface area contributed by atoms with E-state index >= 15 is 0 Å². The van der Waals surface area contributed by atoms with E-state index in [0.717, 1.165) is 32.5 Å². The molecule has 3 heteroatoms. The predicted octanol–water partition coefficient (Wildman–Crippen LogP) is 2.43. The van der Waals surface area contributed by atoms with Crippen LogP contribution in [0, 0.1) is 6.92 Å². The highest BCUT2D eigenvalue weighted by Crippen LogP contribution is 2.32. The lowest BCUT2D eigenvalue weighted by Crippen LogP contribution is -2.17. The third-order valence-electron chi connectivity index (χ3n) is 3.33. The Balaban J connectivity index is 2.37. The number of aryl methyl sites for hydroxylation is 2. The van der Waals surface area contributed by atoms with Gasteiger partial charge in [-0.2, -0.15) is 0 Å². The Morgan fingerprint density at radius 1 is 1.44 bits per heavy atom. The number of nitrogens with two attached hydrogens (primary N) is 1. The van der Waals surface area contributed by atoms with Gasteiger partial charge in [0.25, 0.3) is 0 Å². The number of nitrogens with zero attached hydrogens (tertiary/aromatic N) is 1. The molecule has 2 N–H and O–H groups in total. The summed E-state index contributed by atoms with van der Waals surface area (Å²) in [7, 11) is 0. The summed E-state index contributed by atoms with van der Waals surface area (Å²) in [4.78, 5) is 4.46. The van der Waals surface area contributed by atoms with Crippen molar-refractivity contribution in [2.75, 3.05) is 18.9 Å². The molecule has 0 saturated carbocycles. The molecule has 0 radical (unpaired) electrons. The minimum Gasteiger partial charge on any atom is -0.384 e. The summed E-state index contributed by atoms with van der Waals surface area (Å²) < 4.78 is 5.41. The fraction of sp³-hybridized carbons (Fsp3) is 0.615. The lowest BCUT2D eigenvalue weighted by molar-refractivity contribution is 0.0850. The number of rotatable bonds is 2. The van der Waals surface area contributed by atoms with Crippen molar-refractivity contribution in [1.82, 2.24) is 4.98 Å². The van der Waals surface area contributed by atoms with Gasteiger partial charge in [0.05, 0.1) is 0 Å². The molecule has 16 heavy (non-hydrogen) atoms. The number of anilines is 1. The lowest BCUT2D eigenvalue weighted by atomic mass is 9.87. The van der Waals surface area contributed by atoms with Crippen molar-refractivity contribution in [1.29, 1.82) is 0 Å². The van der Waals surface area contributed by atoms with E-state index in [-0.39, 0.29) is 0 Å². The van der Waals surface area contributed by atoms with Crippen LogP contribution in [-0.4, -0.2) is 18.2 Å². The van der Waals surface area contributed by atoms with Crippen LogP contribution in [0.3, 0.4) is 0 Å². The molecule has 0 spiro atoms. The van der Waals surface area contributed by atoms with E-state index in [1.54, 1.807) is 0 Å². The van der Waals surface area contributed by atoms with Crippen molar-refractivity contribution in [3.8, 4) is 0 Å². The van der Waals surface area contributed by atoms with Gasteiger partial charge in [0.2, 0.25) is 0 Å². The van der Waals surface area contributed by atoms with Crippen LogP contribution in [0.25, 0.3) is 0 Å². The average Bonchev–Trinajstić information content (AvgIpc) is 2.29. The largest absolute Gasteiger partial charge is 0.384 e. The molecule has 88 valence electrons. The van der Waals surface area contributed by atoms with Crippen LogP contribution in [0.2, 0.25) is 0 Å². The molecule has 2 heterocycles. The third kappa shape index (κ3) is 2.19. The van der Waals surface area contributed by atoms with Crippen molar-refractivity contribution >= 4 is 5.82 Å². The molecule has 1 fully saturated rings. The molecular formula is C13H20N2O. The van der Waals surface area contributed by atoms with Crippen molar-refractivity contribution in [3.63, 3.8) is 0 Å². The van der Waals surface area contributed by atoms with E-state index in [9.17, 15) is 0 Å². The topological polar surface area (TPSA) is 48.1 Å². The van der Waals surface area contributed by atoms with Gasteiger partial charge < -0.3 is 10.5 Å². The second-order valence-corrected chi connectivity index (χ2v) is 4.46. The highest BCUT2D eigenvalue weighted by Gasteiger charge is 2.21. The van der Waals surface area contributed by atoms with Crippen LogP contribution >= 0.6 is 0 Å².